The molecule has 0 fully saturated rings. The molecule has 2 aromatic carbocycles. The molecule has 1 N–H and O–H groups in total. The molecular weight excluding hydrogens is 392 g/mol. The lowest BCUT2D eigenvalue weighted by Crippen LogP contribution is -2.13. The number of ether oxygens (including phenoxy) is 1. The summed E-state index contributed by atoms with van der Waals surface area (Å²) in [5.74, 6) is 0.142. The maximum Gasteiger partial charge on any atom is 0.255 e. The number of benzene rings is 2. The molecule has 0 saturated heterocycles. The summed E-state index contributed by atoms with van der Waals surface area (Å²) in [6.07, 6.45) is 0. The van der Waals surface area contributed by atoms with E-state index in [2.05, 4.69) is 5.32 Å². The van der Waals surface area contributed by atoms with Gasteiger partial charge < -0.3 is 14.6 Å². The highest BCUT2D eigenvalue weighted by Gasteiger charge is 2.24. The fraction of sp³-hybridized carbons (Fsp3) is 0.240. The van der Waals surface area contributed by atoms with Crippen molar-refractivity contribution in [1.82, 2.24) is 4.57 Å². The molecule has 3 aromatic rings. The Labute approximate surface area is 181 Å². The topological polar surface area (TPSA) is 77.4 Å². The van der Waals surface area contributed by atoms with E-state index >= 15 is 0 Å². The van der Waals surface area contributed by atoms with E-state index in [0.29, 0.717) is 39.5 Å². The molecule has 1 aromatic heterocycles. The molecule has 6 heteroatoms. The highest BCUT2D eigenvalue weighted by Crippen LogP contribution is 2.29. The number of aryl methyl sites for hydroxylation is 1. The van der Waals surface area contributed by atoms with E-state index in [1.165, 1.54) is 13.8 Å². The standard InChI is InChI=1S/C25H26N2O4/c1-14-7-10-20(27-15(2)23(17(4)28)24(16(27)3)18(5)29)13-22(14)26-25(30)19-8-11-21(31-6)12-9-19/h7-13H,1-6H3,(H,26,30). The molecule has 31 heavy (non-hydrogen) atoms. The van der Waals surface area contributed by atoms with Gasteiger partial charge in [0.05, 0.1) is 7.11 Å². The van der Waals surface area contributed by atoms with E-state index in [-0.39, 0.29) is 17.5 Å². The molecule has 0 unspecified atom stereocenters. The van der Waals surface area contributed by atoms with E-state index in [9.17, 15) is 14.4 Å². The predicted molar refractivity (Wildman–Crippen MR) is 121 cm³/mol. The average molecular weight is 418 g/mol. The molecule has 160 valence electrons. The third kappa shape index (κ3) is 4.14. The number of Topliss-reactive ketones (excluding diaryl/α,β-unsaturated/α-hetero) is 2. The zero-order valence-electron chi connectivity index (χ0n) is 18.6. The van der Waals surface area contributed by atoms with Crippen molar-refractivity contribution in [2.75, 3.05) is 12.4 Å². The normalized spacial score (nSPS) is 10.6. The van der Waals surface area contributed by atoms with Gasteiger partial charge >= 0.3 is 0 Å². The Balaban J connectivity index is 2.03. The van der Waals surface area contributed by atoms with Gasteiger partial charge in [0.15, 0.2) is 11.6 Å². The summed E-state index contributed by atoms with van der Waals surface area (Å²) in [6, 6.07) is 12.5. The Kier molecular flexibility index (Phi) is 6.11. The van der Waals surface area contributed by atoms with E-state index in [1.54, 1.807) is 31.4 Å². The van der Waals surface area contributed by atoms with Gasteiger partial charge in [-0.2, -0.15) is 0 Å². The fourth-order valence-electron chi connectivity index (χ4n) is 3.91. The number of nitrogens with zero attached hydrogens (tertiary/aromatic N) is 1. The van der Waals surface area contributed by atoms with Crippen LogP contribution in [0.5, 0.6) is 5.75 Å². The minimum absolute atomic E-state index is 0.148. The lowest BCUT2D eigenvalue weighted by Gasteiger charge is -2.14. The lowest BCUT2D eigenvalue weighted by molar-refractivity contribution is 0.0981. The zero-order valence-corrected chi connectivity index (χ0v) is 18.6. The van der Waals surface area contributed by atoms with Gasteiger partial charge in [0.1, 0.15) is 5.75 Å². The third-order valence-corrected chi connectivity index (χ3v) is 5.43. The summed E-state index contributed by atoms with van der Waals surface area (Å²) in [6.45, 7) is 8.49. The predicted octanol–water partition coefficient (Wildman–Crippen LogP) is 5.07. The Morgan fingerprint density at radius 2 is 1.39 bits per heavy atom. The summed E-state index contributed by atoms with van der Waals surface area (Å²) < 4.78 is 7.02. The highest BCUT2D eigenvalue weighted by atomic mass is 16.5. The molecule has 0 bridgehead atoms. The molecular formula is C25H26N2O4. The first-order chi connectivity index (χ1) is 14.6. The number of carbonyl (C=O) groups is 3. The van der Waals surface area contributed by atoms with E-state index in [1.807, 2.05) is 43.5 Å². The summed E-state index contributed by atoms with van der Waals surface area (Å²) >= 11 is 0. The molecule has 1 amide bonds. The number of ketones is 2. The van der Waals surface area contributed by atoms with Gasteiger partial charge in [-0.05, 0) is 76.6 Å². The smallest absolute Gasteiger partial charge is 0.255 e. The molecule has 0 atom stereocenters. The molecule has 0 aliphatic carbocycles. The van der Waals surface area contributed by atoms with Crippen LogP contribution in [0, 0.1) is 20.8 Å². The largest absolute Gasteiger partial charge is 0.497 e. The minimum Gasteiger partial charge on any atom is -0.497 e. The van der Waals surface area contributed by atoms with Crippen LogP contribution in [0.3, 0.4) is 0 Å². The van der Waals surface area contributed by atoms with Gasteiger partial charge in [0, 0.05) is 39.5 Å². The second-order valence-electron chi connectivity index (χ2n) is 7.55. The molecule has 0 radical (unpaired) electrons. The quantitative estimate of drug-likeness (QED) is 0.567. The van der Waals surface area contributed by atoms with Crippen LogP contribution in [0.2, 0.25) is 0 Å². The van der Waals surface area contributed by atoms with Crippen LogP contribution in [-0.4, -0.2) is 29.2 Å². The van der Waals surface area contributed by atoms with Gasteiger partial charge in [-0.1, -0.05) is 6.07 Å². The van der Waals surface area contributed by atoms with Gasteiger partial charge in [-0.3, -0.25) is 14.4 Å². The van der Waals surface area contributed by atoms with Crippen molar-refractivity contribution in [2.45, 2.75) is 34.6 Å². The third-order valence-electron chi connectivity index (χ3n) is 5.43. The van der Waals surface area contributed by atoms with Crippen molar-refractivity contribution in [3.05, 3.63) is 76.1 Å². The molecule has 6 nitrogen and oxygen atoms in total. The molecule has 0 saturated carbocycles. The monoisotopic (exact) mass is 418 g/mol. The van der Waals surface area contributed by atoms with Crippen molar-refractivity contribution in [3.8, 4) is 11.4 Å². The van der Waals surface area contributed by atoms with Crippen molar-refractivity contribution >= 4 is 23.2 Å². The van der Waals surface area contributed by atoms with Gasteiger partial charge in [0.2, 0.25) is 0 Å². The number of methoxy groups -OCH3 is 1. The second-order valence-corrected chi connectivity index (χ2v) is 7.55. The zero-order chi connectivity index (χ0) is 22.9. The van der Waals surface area contributed by atoms with Crippen LogP contribution in [0.25, 0.3) is 5.69 Å². The Morgan fingerprint density at radius 3 is 1.87 bits per heavy atom. The highest BCUT2D eigenvalue weighted by molar-refractivity contribution is 6.09. The Hall–Kier alpha value is -3.67. The first-order valence-electron chi connectivity index (χ1n) is 9.95. The van der Waals surface area contributed by atoms with Crippen LogP contribution in [0.4, 0.5) is 5.69 Å². The molecule has 0 aliphatic rings. The molecule has 3 rings (SSSR count). The van der Waals surface area contributed by atoms with Crippen molar-refractivity contribution in [1.29, 1.82) is 0 Å². The van der Waals surface area contributed by atoms with Crippen molar-refractivity contribution < 1.29 is 19.1 Å². The van der Waals surface area contributed by atoms with Crippen LogP contribution < -0.4 is 10.1 Å². The number of aromatic nitrogens is 1. The summed E-state index contributed by atoms with van der Waals surface area (Å²) in [7, 11) is 1.57. The number of nitrogens with one attached hydrogen (secondary N) is 1. The average Bonchev–Trinajstić information content (AvgIpc) is 3.00. The second kappa shape index (κ2) is 8.60. The maximum absolute atomic E-state index is 12.7. The number of hydrogen-bond acceptors (Lipinski definition) is 4. The number of rotatable bonds is 6. The van der Waals surface area contributed by atoms with Gasteiger partial charge in [-0.15, -0.1) is 0 Å². The maximum atomic E-state index is 12.7. The van der Waals surface area contributed by atoms with E-state index in [4.69, 9.17) is 4.74 Å². The Bertz CT molecular complexity index is 1150. The first-order valence-corrected chi connectivity index (χ1v) is 9.95. The summed E-state index contributed by atoms with van der Waals surface area (Å²) in [5.41, 5.74) is 5.10. The number of carbonyl (C=O) groups excluding carboxylic acids is 3. The van der Waals surface area contributed by atoms with Crippen LogP contribution in [-0.2, 0) is 0 Å². The lowest BCUT2D eigenvalue weighted by atomic mass is 10.0. The summed E-state index contributed by atoms with van der Waals surface area (Å²) in [4.78, 5) is 37.2. The number of hydrogen-bond donors (Lipinski definition) is 1. The number of amides is 1. The Morgan fingerprint density at radius 1 is 0.839 bits per heavy atom. The van der Waals surface area contributed by atoms with Gasteiger partial charge in [0.25, 0.3) is 5.91 Å². The van der Waals surface area contributed by atoms with E-state index < -0.39 is 0 Å². The van der Waals surface area contributed by atoms with Crippen LogP contribution >= 0.6 is 0 Å². The molecule has 0 spiro atoms. The molecule has 0 aliphatic heterocycles. The molecule has 1 heterocycles. The van der Waals surface area contributed by atoms with Gasteiger partial charge in [-0.25, -0.2) is 0 Å². The summed E-state index contributed by atoms with van der Waals surface area (Å²) in [5, 5.41) is 2.95. The van der Waals surface area contributed by atoms with Crippen molar-refractivity contribution in [3.63, 3.8) is 0 Å². The van der Waals surface area contributed by atoms with Crippen LogP contribution in [0.1, 0.15) is 61.9 Å². The van der Waals surface area contributed by atoms with Crippen molar-refractivity contribution in [2.24, 2.45) is 0 Å². The van der Waals surface area contributed by atoms with E-state index in [0.717, 1.165) is 11.3 Å². The van der Waals surface area contributed by atoms with Crippen LogP contribution in [0.15, 0.2) is 42.5 Å². The number of anilines is 1. The SMILES string of the molecule is COc1ccc(C(=O)Nc2cc(-n3c(C)c(C(C)=O)c(C(C)=O)c3C)ccc2C)cc1. The first kappa shape index (κ1) is 22.0. The fourth-order valence-corrected chi connectivity index (χ4v) is 3.91. The minimum atomic E-state index is -0.238.